The van der Waals surface area contributed by atoms with Crippen LogP contribution >= 0.6 is 23.2 Å². The highest BCUT2D eigenvalue weighted by molar-refractivity contribution is 6.40. The van der Waals surface area contributed by atoms with Crippen molar-refractivity contribution in [1.29, 1.82) is 0 Å². The van der Waals surface area contributed by atoms with Crippen molar-refractivity contribution in [2.24, 2.45) is 0 Å². The van der Waals surface area contributed by atoms with Gasteiger partial charge in [-0.1, -0.05) is 36.2 Å². The number of hydrogen-bond acceptors (Lipinski definition) is 3. The van der Waals surface area contributed by atoms with Crippen LogP contribution in [0.4, 0.5) is 11.5 Å². The Bertz CT molecular complexity index is 626. The molecule has 1 heterocycles. The van der Waals surface area contributed by atoms with Crippen molar-refractivity contribution < 1.29 is 4.79 Å². The SMILES string of the molecule is CCCNc1cc(C(=O)Nc2c(Cl)cccc2Cl)ccn1. The number of carbonyl (C=O) groups excluding carboxylic acids is 1. The van der Waals surface area contributed by atoms with Crippen LogP contribution < -0.4 is 10.6 Å². The van der Waals surface area contributed by atoms with Gasteiger partial charge in [0.25, 0.3) is 5.91 Å². The molecule has 2 N–H and O–H groups in total. The monoisotopic (exact) mass is 323 g/mol. The van der Waals surface area contributed by atoms with E-state index >= 15 is 0 Å². The topological polar surface area (TPSA) is 54.0 Å². The van der Waals surface area contributed by atoms with E-state index in [1.807, 2.05) is 0 Å². The fourth-order valence-corrected chi connectivity index (χ4v) is 2.22. The summed E-state index contributed by atoms with van der Waals surface area (Å²) in [6.07, 6.45) is 2.56. The molecular formula is C15H15Cl2N3O. The summed E-state index contributed by atoms with van der Waals surface area (Å²) in [5.41, 5.74) is 0.894. The zero-order valence-electron chi connectivity index (χ0n) is 11.5. The number of nitrogens with one attached hydrogen (secondary N) is 2. The van der Waals surface area contributed by atoms with Gasteiger partial charge in [0.1, 0.15) is 5.82 Å². The van der Waals surface area contributed by atoms with E-state index in [2.05, 4.69) is 22.5 Å². The standard InChI is InChI=1S/C15H15Cl2N3O/c1-2-7-18-13-9-10(6-8-19-13)15(21)20-14-11(16)4-3-5-12(14)17/h3-6,8-9H,2,7H2,1H3,(H,18,19)(H,20,21). The minimum Gasteiger partial charge on any atom is -0.370 e. The second kappa shape index (κ2) is 7.29. The first-order chi connectivity index (χ1) is 10.1. The van der Waals surface area contributed by atoms with Crippen LogP contribution in [-0.2, 0) is 0 Å². The molecule has 0 aliphatic rings. The molecule has 0 saturated heterocycles. The third-order valence-corrected chi connectivity index (χ3v) is 3.41. The molecule has 6 heteroatoms. The zero-order chi connectivity index (χ0) is 15.2. The maximum Gasteiger partial charge on any atom is 0.255 e. The van der Waals surface area contributed by atoms with E-state index in [0.29, 0.717) is 27.1 Å². The average molecular weight is 324 g/mol. The Morgan fingerprint density at radius 2 is 1.95 bits per heavy atom. The zero-order valence-corrected chi connectivity index (χ0v) is 13.0. The third kappa shape index (κ3) is 4.09. The lowest BCUT2D eigenvalue weighted by atomic mass is 10.2. The Kier molecular flexibility index (Phi) is 5.42. The van der Waals surface area contributed by atoms with Gasteiger partial charge in [-0.05, 0) is 30.7 Å². The van der Waals surface area contributed by atoms with Gasteiger partial charge < -0.3 is 10.6 Å². The molecule has 21 heavy (non-hydrogen) atoms. The molecule has 0 unspecified atom stereocenters. The lowest BCUT2D eigenvalue weighted by molar-refractivity contribution is 0.102. The highest BCUT2D eigenvalue weighted by Gasteiger charge is 2.12. The smallest absolute Gasteiger partial charge is 0.255 e. The summed E-state index contributed by atoms with van der Waals surface area (Å²) < 4.78 is 0. The van der Waals surface area contributed by atoms with Crippen molar-refractivity contribution in [3.8, 4) is 0 Å². The van der Waals surface area contributed by atoms with E-state index in [1.165, 1.54) is 0 Å². The number of pyridine rings is 1. The van der Waals surface area contributed by atoms with Crippen LogP contribution in [0.3, 0.4) is 0 Å². The molecule has 0 bridgehead atoms. The van der Waals surface area contributed by atoms with Crippen molar-refractivity contribution >= 4 is 40.6 Å². The number of halogens is 2. The Morgan fingerprint density at radius 3 is 2.62 bits per heavy atom. The minimum atomic E-state index is -0.285. The molecule has 1 aromatic heterocycles. The first kappa shape index (κ1) is 15.6. The van der Waals surface area contributed by atoms with Gasteiger partial charge in [-0.3, -0.25) is 4.79 Å². The Hall–Kier alpha value is -1.78. The van der Waals surface area contributed by atoms with Gasteiger partial charge in [0.2, 0.25) is 0 Å². The molecule has 0 saturated carbocycles. The van der Waals surface area contributed by atoms with Gasteiger partial charge in [-0.15, -0.1) is 0 Å². The first-order valence-corrected chi connectivity index (χ1v) is 7.32. The number of nitrogens with zero attached hydrogens (tertiary/aromatic N) is 1. The van der Waals surface area contributed by atoms with Crippen LogP contribution in [0.1, 0.15) is 23.7 Å². The van der Waals surface area contributed by atoms with Crippen molar-refractivity contribution in [2.45, 2.75) is 13.3 Å². The van der Waals surface area contributed by atoms with Gasteiger partial charge in [0.05, 0.1) is 15.7 Å². The number of aromatic nitrogens is 1. The molecular weight excluding hydrogens is 309 g/mol. The quantitative estimate of drug-likeness (QED) is 0.853. The van der Waals surface area contributed by atoms with Crippen LogP contribution in [0.25, 0.3) is 0 Å². The molecule has 4 nitrogen and oxygen atoms in total. The number of rotatable bonds is 5. The second-order valence-corrected chi connectivity index (χ2v) is 5.22. The van der Waals surface area contributed by atoms with Gasteiger partial charge in [0, 0.05) is 18.3 Å². The van der Waals surface area contributed by atoms with Gasteiger partial charge in [-0.2, -0.15) is 0 Å². The highest BCUT2D eigenvalue weighted by Crippen LogP contribution is 2.30. The highest BCUT2D eigenvalue weighted by atomic mass is 35.5. The Labute approximate surface area is 133 Å². The summed E-state index contributed by atoms with van der Waals surface area (Å²) in [5.74, 6) is 0.377. The van der Waals surface area contributed by atoms with Crippen LogP contribution in [0, 0.1) is 0 Å². The number of anilines is 2. The molecule has 0 aliphatic heterocycles. The van der Waals surface area contributed by atoms with Crippen molar-refractivity contribution in [3.05, 3.63) is 52.1 Å². The summed E-state index contributed by atoms with van der Waals surface area (Å²) in [7, 11) is 0. The number of carbonyl (C=O) groups is 1. The van der Waals surface area contributed by atoms with E-state index < -0.39 is 0 Å². The predicted molar refractivity (Wildman–Crippen MR) is 87.4 cm³/mol. The molecule has 1 amide bonds. The van der Waals surface area contributed by atoms with Crippen LogP contribution in [0.15, 0.2) is 36.5 Å². The first-order valence-electron chi connectivity index (χ1n) is 6.57. The Balaban J connectivity index is 2.17. The average Bonchev–Trinajstić information content (AvgIpc) is 2.49. The van der Waals surface area contributed by atoms with Crippen LogP contribution in [-0.4, -0.2) is 17.4 Å². The number of para-hydroxylation sites is 1. The minimum absolute atomic E-state index is 0.285. The van der Waals surface area contributed by atoms with Crippen molar-refractivity contribution in [1.82, 2.24) is 4.98 Å². The van der Waals surface area contributed by atoms with Crippen molar-refractivity contribution in [2.75, 3.05) is 17.2 Å². The number of amides is 1. The van der Waals surface area contributed by atoms with Crippen molar-refractivity contribution in [3.63, 3.8) is 0 Å². The fourth-order valence-electron chi connectivity index (χ4n) is 1.72. The summed E-state index contributed by atoms with van der Waals surface area (Å²) in [4.78, 5) is 16.4. The Morgan fingerprint density at radius 1 is 1.24 bits per heavy atom. The number of hydrogen-bond donors (Lipinski definition) is 2. The molecule has 2 rings (SSSR count). The summed E-state index contributed by atoms with van der Waals surface area (Å²) in [6.45, 7) is 2.86. The van der Waals surface area contributed by atoms with E-state index in [0.717, 1.165) is 13.0 Å². The maximum absolute atomic E-state index is 12.3. The lowest BCUT2D eigenvalue weighted by Crippen LogP contribution is -2.13. The molecule has 1 aromatic carbocycles. The number of benzene rings is 1. The van der Waals surface area contributed by atoms with Crippen LogP contribution in [0.2, 0.25) is 10.0 Å². The molecule has 0 atom stereocenters. The molecule has 2 aromatic rings. The molecule has 0 fully saturated rings. The molecule has 110 valence electrons. The van der Waals surface area contributed by atoms with Crippen LogP contribution in [0.5, 0.6) is 0 Å². The van der Waals surface area contributed by atoms with Gasteiger partial charge in [0.15, 0.2) is 0 Å². The van der Waals surface area contributed by atoms with Gasteiger partial charge >= 0.3 is 0 Å². The van der Waals surface area contributed by atoms with E-state index in [4.69, 9.17) is 23.2 Å². The molecule has 0 aliphatic carbocycles. The third-order valence-electron chi connectivity index (χ3n) is 2.78. The van der Waals surface area contributed by atoms with Gasteiger partial charge in [-0.25, -0.2) is 4.98 Å². The molecule has 0 radical (unpaired) electrons. The fraction of sp³-hybridized carbons (Fsp3) is 0.200. The van der Waals surface area contributed by atoms with E-state index in [9.17, 15) is 4.79 Å². The predicted octanol–water partition coefficient (Wildman–Crippen LogP) is 4.46. The summed E-state index contributed by atoms with van der Waals surface area (Å²) >= 11 is 12.1. The normalized spacial score (nSPS) is 10.2. The van der Waals surface area contributed by atoms with E-state index in [-0.39, 0.29) is 5.91 Å². The largest absolute Gasteiger partial charge is 0.370 e. The maximum atomic E-state index is 12.3. The summed E-state index contributed by atoms with van der Waals surface area (Å²) in [6, 6.07) is 8.39. The lowest BCUT2D eigenvalue weighted by Gasteiger charge is -2.10. The van der Waals surface area contributed by atoms with E-state index in [1.54, 1.807) is 36.5 Å². The molecule has 0 spiro atoms. The second-order valence-electron chi connectivity index (χ2n) is 4.41. The summed E-state index contributed by atoms with van der Waals surface area (Å²) in [5, 5.41) is 6.65.